The number of para-hydroxylation sites is 1. The van der Waals surface area contributed by atoms with Crippen LogP contribution in [-0.4, -0.2) is 33.5 Å². The van der Waals surface area contributed by atoms with Crippen LogP contribution in [-0.2, 0) is 11.3 Å². The molecule has 0 saturated heterocycles. The van der Waals surface area contributed by atoms with E-state index in [1.165, 1.54) is 11.8 Å². The van der Waals surface area contributed by atoms with Crippen molar-refractivity contribution in [3.8, 4) is 5.75 Å². The van der Waals surface area contributed by atoms with Crippen LogP contribution >= 0.6 is 11.8 Å². The van der Waals surface area contributed by atoms with Crippen molar-refractivity contribution in [1.82, 2.24) is 9.55 Å². The Hall–Kier alpha value is -1.69. The molecule has 6 heteroatoms. The van der Waals surface area contributed by atoms with Gasteiger partial charge in [-0.15, -0.1) is 0 Å². The number of methoxy groups -OCH3 is 1. The first-order valence-electron chi connectivity index (χ1n) is 7.05. The highest BCUT2D eigenvalue weighted by molar-refractivity contribution is 7.99. The molecule has 1 aromatic heterocycles. The Bertz CT molecular complexity index is 625. The lowest BCUT2D eigenvalue weighted by Gasteiger charge is -2.08. The van der Waals surface area contributed by atoms with Crippen molar-refractivity contribution in [1.29, 1.82) is 0 Å². The van der Waals surface area contributed by atoms with E-state index in [1.54, 1.807) is 7.11 Å². The molecular formula is C15H20N2O3S. The Morgan fingerprint density at radius 2 is 2.24 bits per heavy atom. The average molecular weight is 308 g/mol. The normalized spacial score (nSPS) is 11.0. The summed E-state index contributed by atoms with van der Waals surface area (Å²) in [5.41, 5.74) is 1.79. The summed E-state index contributed by atoms with van der Waals surface area (Å²) in [4.78, 5) is 15.4. The van der Waals surface area contributed by atoms with Gasteiger partial charge < -0.3 is 14.4 Å². The average Bonchev–Trinajstić information content (AvgIpc) is 2.83. The van der Waals surface area contributed by atoms with Gasteiger partial charge in [-0.1, -0.05) is 37.6 Å². The summed E-state index contributed by atoms with van der Waals surface area (Å²) in [6.07, 6.45) is 3.35. The molecule has 0 spiro atoms. The molecular weight excluding hydrogens is 288 g/mol. The van der Waals surface area contributed by atoms with Gasteiger partial charge in [0.2, 0.25) is 0 Å². The fourth-order valence-corrected chi connectivity index (χ4v) is 2.99. The highest BCUT2D eigenvalue weighted by Crippen LogP contribution is 2.30. The molecule has 2 aromatic rings. The fourth-order valence-electron chi connectivity index (χ4n) is 2.24. The first-order chi connectivity index (χ1) is 10.2. The number of aryl methyl sites for hydroxylation is 1. The minimum atomic E-state index is -0.834. The number of thioether (sulfide) groups is 1. The monoisotopic (exact) mass is 308 g/mol. The molecule has 0 aliphatic heterocycles. The summed E-state index contributed by atoms with van der Waals surface area (Å²) < 4.78 is 7.44. The van der Waals surface area contributed by atoms with Crippen LogP contribution < -0.4 is 4.74 Å². The molecule has 2 rings (SSSR count). The maximum absolute atomic E-state index is 10.8. The number of carboxylic acids is 1. The maximum atomic E-state index is 10.8. The van der Waals surface area contributed by atoms with Crippen LogP contribution in [0.1, 0.15) is 26.2 Å². The van der Waals surface area contributed by atoms with E-state index in [-0.39, 0.29) is 5.75 Å². The van der Waals surface area contributed by atoms with Gasteiger partial charge in [-0.05, 0) is 18.6 Å². The molecule has 114 valence electrons. The first kappa shape index (κ1) is 15.7. The van der Waals surface area contributed by atoms with E-state index in [2.05, 4.69) is 16.5 Å². The van der Waals surface area contributed by atoms with Crippen LogP contribution in [0.25, 0.3) is 11.0 Å². The molecule has 0 fully saturated rings. The van der Waals surface area contributed by atoms with Crippen molar-refractivity contribution in [2.75, 3.05) is 12.9 Å². The third-order valence-electron chi connectivity index (χ3n) is 3.24. The lowest BCUT2D eigenvalue weighted by Crippen LogP contribution is -2.03. The lowest BCUT2D eigenvalue weighted by molar-refractivity contribution is -0.133. The molecule has 0 aliphatic carbocycles. The number of carboxylic acid groups (broad SMARTS) is 1. The van der Waals surface area contributed by atoms with Crippen molar-refractivity contribution in [3.63, 3.8) is 0 Å². The lowest BCUT2D eigenvalue weighted by atomic mass is 10.2. The molecule has 5 nitrogen and oxygen atoms in total. The number of aliphatic carboxylic acids is 1. The third-order valence-corrected chi connectivity index (χ3v) is 4.20. The van der Waals surface area contributed by atoms with Gasteiger partial charge in [0.05, 0.1) is 18.4 Å². The van der Waals surface area contributed by atoms with Gasteiger partial charge in [0, 0.05) is 6.54 Å². The minimum Gasteiger partial charge on any atom is -0.494 e. The largest absolute Gasteiger partial charge is 0.494 e. The number of rotatable bonds is 8. The van der Waals surface area contributed by atoms with E-state index in [4.69, 9.17) is 9.84 Å². The molecule has 0 amide bonds. The van der Waals surface area contributed by atoms with Gasteiger partial charge in [0.15, 0.2) is 5.16 Å². The van der Waals surface area contributed by atoms with Crippen LogP contribution in [0.15, 0.2) is 23.4 Å². The van der Waals surface area contributed by atoms with E-state index < -0.39 is 5.97 Å². The second kappa shape index (κ2) is 7.36. The van der Waals surface area contributed by atoms with Crippen molar-refractivity contribution in [2.24, 2.45) is 0 Å². The predicted octanol–water partition coefficient (Wildman–Crippen LogP) is 3.41. The van der Waals surface area contributed by atoms with E-state index in [0.717, 1.165) is 47.7 Å². The predicted molar refractivity (Wildman–Crippen MR) is 84.2 cm³/mol. The van der Waals surface area contributed by atoms with Gasteiger partial charge in [0.25, 0.3) is 0 Å². The van der Waals surface area contributed by atoms with Gasteiger partial charge in [-0.25, -0.2) is 4.98 Å². The molecule has 0 radical (unpaired) electrons. The van der Waals surface area contributed by atoms with Crippen molar-refractivity contribution < 1.29 is 14.6 Å². The number of fused-ring (bicyclic) bond motifs is 1. The quantitative estimate of drug-likeness (QED) is 0.598. The van der Waals surface area contributed by atoms with E-state index >= 15 is 0 Å². The number of ether oxygens (including phenoxy) is 1. The summed E-state index contributed by atoms with van der Waals surface area (Å²) in [5, 5.41) is 9.62. The van der Waals surface area contributed by atoms with Crippen LogP contribution in [0.2, 0.25) is 0 Å². The number of unbranched alkanes of at least 4 members (excludes halogenated alkanes) is 2. The van der Waals surface area contributed by atoms with Crippen LogP contribution in [0.5, 0.6) is 5.75 Å². The SMILES string of the molecule is CCCCCn1c(SCC(=O)O)nc2c(OC)cccc21. The van der Waals surface area contributed by atoms with Crippen LogP contribution in [0.3, 0.4) is 0 Å². The van der Waals surface area contributed by atoms with Gasteiger partial charge >= 0.3 is 5.97 Å². The first-order valence-corrected chi connectivity index (χ1v) is 8.03. The number of aromatic nitrogens is 2. The summed E-state index contributed by atoms with van der Waals surface area (Å²) in [5.74, 6) is -0.0996. The van der Waals surface area contributed by atoms with Gasteiger partial charge in [-0.2, -0.15) is 0 Å². The number of nitrogens with zero attached hydrogens (tertiary/aromatic N) is 2. The molecule has 0 aliphatic rings. The second-order valence-corrected chi connectivity index (χ2v) is 5.71. The molecule has 1 heterocycles. The van der Waals surface area contributed by atoms with Gasteiger partial charge in [-0.3, -0.25) is 4.79 Å². The number of hydrogen-bond acceptors (Lipinski definition) is 4. The van der Waals surface area contributed by atoms with Crippen LogP contribution in [0.4, 0.5) is 0 Å². The standard InChI is InChI=1S/C15H20N2O3S/c1-3-4-5-9-17-11-7-6-8-12(20-2)14(11)16-15(17)21-10-13(18)19/h6-8H,3-5,9-10H2,1-2H3,(H,18,19). The maximum Gasteiger partial charge on any atom is 0.313 e. The summed E-state index contributed by atoms with van der Waals surface area (Å²) in [6.45, 7) is 3.01. The topological polar surface area (TPSA) is 64.4 Å². The molecule has 21 heavy (non-hydrogen) atoms. The van der Waals surface area contributed by atoms with Crippen LogP contribution in [0, 0.1) is 0 Å². The molecule has 0 saturated carbocycles. The minimum absolute atomic E-state index is 0.0133. The van der Waals surface area contributed by atoms with E-state index in [0.29, 0.717) is 0 Å². The summed E-state index contributed by atoms with van der Waals surface area (Å²) in [7, 11) is 1.62. The number of benzene rings is 1. The van der Waals surface area contributed by atoms with Crippen molar-refractivity contribution in [3.05, 3.63) is 18.2 Å². The molecule has 0 bridgehead atoms. The van der Waals surface area contributed by atoms with E-state index in [1.807, 2.05) is 18.2 Å². The summed E-state index contributed by atoms with van der Waals surface area (Å²) in [6, 6.07) is 5.81. The highest BCUT2D eigenvalue weighted by Gasteiger charge is 2.15. The molecule has 1 aromatic carbocycles. The molecule has 0 atom stereocenters. The highest BCUT2D eigenvalue weighted by atomic mass is 32.2. The smallest absolute Gasteiger partial charge is 0.313 e. The zero-order valence-corrected chi connectivity index (χ0v) is 13.2. The Morgan fingerprint density at radius 3 is 2.90 bits per heavy atom. The number of carbonyl (C=O) groups is 1. The zero-order valence-electron chi connectivity index (χ0n) is 12.3. The third kappa shape index (κ3) is 3.69. The Balaban J connectivity index is 2.38. The Morgan fingerprint density at radius 1 is 1.43 bits per heavy atom. The van der Waals surface area contributed by atoms with Gasteiger partial charge in [0.1, 0.15) is 11.3 Å². The molecule has 1 N–H and O–H groups in total. The van der Waals surface area contributed by atoms with Crippen molar-refractivity contribution >= 4 is 28.8 Å². The Kier molecular flexibility index (Phi) is 5.50. The summed E-state index contributed by atoms with van der Waals surface area (Å²) >= 11 is 1.25. The number of imidazole rings is 1. The van der Waals surface area contributed by atoms with Crippen molar-refractivity contribution in [2.45, 2.75) is 37.9 Å². The molecule has 0 unspecified atom stereocenters. The fraction of sp³-hybridized carbons (Fsp3) is 0.467. The zero-order chi connectivity index (χ0) is 15.2. The number of hydrogen-bond donors (Lipinski definition) is 1. The second-order valence-electron chi connectivity index (χ2n) is 4.76. The Labute approximate surface area is 128 Å². The van der Waals surface area contributed by atoms with E-state index in [9.17, 15) is 4.79 Å².